The first kappa shape index (κ1) is 24.6. The molecular weight excluding hydrogens is 424 g/mol. The number of esters is 1. The lowest BCUT2D eigenvalue weighted by molar-refractivity contribution is -0.494. The fourth-order valence-corrected chi connectivity index (χ4v) is 8.90. The minimum atomic E-state index is -0.367. The average Bonchev–Trinajstić information content (AvgIpc) is 3.14. The summed E-state index contributed by atoms with van der Waals surface area (Å²) in [4.78, 5) is 24.6. The van der Waals surface area contributed by atoms with E-state index in [4.69, 9.17) is 14.5 Å². The van der Waals surface area contributed by atoms with Crippen molar-refractivity contribution in [3.8, 4) is 0 Å². The van der Waals surface area contributed by atoms with Gasteiger partial charge in [0.2, 0.25) is 0 Å². The number of hydrogen-bond donors (Lipinski definition) is 0. The third-order valence-corrected chi connectivity index (χ3v) is 11.3. The van der Waals surface area contributed by atoms with Gasteiger partial charge in [0.15, 0.2) is 0 Å². The number of allylic oxidation sites excluding steroid dienone is 3. The van der Waals surface area contributed by atoms with E-state index in [2.05, 4.69) is 59.8 Å². The van der Waals surface area contributed by atoms with Crippen molar-refractivity contribution >= 4 is 5.97 Å². The minimum absolute atomic E-state index is 0.0300. The van der Waals surface area contributed by atoms with Crippen LogP contribution in [0.15, 0.2) is 23.8 Å². The highest BCUT2D eigenvalue weighted by Gasteiger charge is 2.73. The fourth-order valence-electron chi connectivity index (χ4n) is 8.90. The minimum Gasteiger partial charge on any atom is -0.462 e. The Bertz CT molecular complexity index is 878. The van der Waals surface area contributed by atoms with Gasteiger partial charge in [-0.15, -0.1) is 0 Å². The summed E-state index contributed by atoms with van der Waals surface area (Å²) in [5, 5.41) is 0. The number of carbonyl (C=O) groups excluding carboxylic acids is 1. The molecule has 0 amide bonds. The molecule has 5 fully saturated rings. The Labute approximate surface area is 206 Å². The molecule has 34 heavy (non-hydrogen) atoms. The summed E-state index contributed by atoms with van der Waals surface area (Å²) in [7, 11) is 0. The summed E-state index contributed by atoms with van der Waals surface area (Å²) in [6.07, 6.45) is 15.8. The molecule has 4 nitrogen and oxygen atoms in total. The van der Waals surface area contributed by atoms with Crippen molar-refractivity contribution in [1.82, 2.24) is 0 Å². The van der Waals surface area contributed by atoms with Crippen molar-refractivity contribution < 1.29 is 19.3 Å². The number of ether oxygens (including phenoxy) is 1. The molecular formula is C30H46O4. The highest BCUT2D eigenvalue weighted by atomic mass is 17.2. The van der Waals surface area contributed by atoms with E-state index in [1.807, 2.05) is 0 Å². The van der Waals surface area contributed by atoms with Crippen LogP contribution in [0.3, 0.4) is 0 Å². The first-order valence-corrected chi connectivity index (χ1v) is 13.9. The van der Waals surface area contributed by atoms with Gasteiger partial charge in [-0.3, -0.25) is 4.79 Å². The van der Waals surface area contributed by atoms with E-state index in [0.717, 1.165) is 38.5 Å². The van der Waals surface area contributed by atoms with Crippen LogP contribution in [0.5, 0.6) is 0 Å². The van der Waals surface area contributed by atoms with E-state index in [1.165, 1.54) is 25.3 Å². The van der Waals surface area contributed by atoms with Gasteiger partial charge in [0.1, 0.15) is 17.3 Å². The van der Waals surface area contributed by atoms with Gasteiger partial charge in [0, 0.05) is 24.7 Å². The highest BCUT2D eigenvalue weighted by Crippen LogP contribution is 2.73. The van der Waals surface area contributed by atoms with Gasteiger partial charge in [0.25, 0.3) is 0 Å². The lowest BCUT2D eigenvalue weighted by atomic mass is 9.44. The molecule has 2 bridgehead atoms. The molecule has 190 valence electrons. The summed E-state index contributed by atoms with van der Waals surface area (Å²) in [6, 6.07) is 0. The number of fused-ring (bicyclic) bond motifs is 3. The van der Waals surface area contributed by atoms with Crippen LogP contribution in [0.1, 0.15) is 99.8 Å². The molecule has 6 rings (SSSR count). The van der Waals surface area contributed by atoms with Crippen molar-refractivity contribution in [3.05, 3.63) is 23.8 Å². The monoisotopic (exact) mass is 470 g/mol. The third kappa shape index (κ3) is 3.34. The van der Waals surface area contributed by atoms with Crippen LogP contribution in [0.4, 0.5) is 0 Å². The molecule has 0 aromatic heterocycles. The quantitative estimate of drug-likeness (QED) is 0.242. The largest absolute Gasteiger partial charge is 0.462 e. The Morgan fingerprint density at radius 1 is 1.06 bits per heavy atom. The summed E-state index contributed by atoms with van der Waals surface area (Å²) >= 11 is 0. The molecule has 0 aromatic rings. The van der Waals surface area contributed by atoms with Crippen LogP contribution in [0.25, 0.3) is 0 Å². The van der Waals surface area contributed by atoms with E-state index in [-0.39, 0.29) is 34.1 Å². The SMILES string of the molecule is CC(=O)OC1CCC2(C)C3=CCC4(C)C(C(C)C=CC(C)C(C)C)CCC4C34CCC2(C1)OO4. The Morgan fingerprint density at radius 2 is 1.82 bits per heavy atom. The van der Waals surface area contributed by atoms with Crippen LogP contribution >= 0.6 is 0 Å². The molecule has 9 unspecified atom stereocenters. The Balaban J connectivity index is 1.43. The zero-order valence-electron chi connectivity index (χ0n) is 22.5. The topological polar surface area (TPSA) is 44.8 Å². The smallest absolute Gasteiger partial charge is 0.302 e. The van der Waals surface area contributed by atoms with Gasteiger partial charge < -0.3 is 4.74 Å². The maximum Gasteiger partial charge on any atom is 0.302 e. The summed E-state index contributed by atoms with van der Waals surface area (Å²) < 4.78 is 5.64. The average molecular weight is 471 g/mol. The zero-order valence-corrected chi connectivity index (χ0v) is 22.5. The summed E-state index contributed by atoms with van der Waals surface area (Å²) in [5.41, 5.74) is 1.08. The molecule has 2 saturated heterocycles. The van der Waals surface area contributed by atoms with Crippen LogP contribution in [0, 0.1) is 40.4 Å². The first-order chi connectivity index (χ1) is 16.0. The summed E-state index contributed by atoms with van der Waals surface area (Å²) in [5.74, 6) is 2.86. The number of rotatable bonds is 5. The van der Waals surface area contributed by atoms with Crippen molar-refractivity contribution in [2.75, 3.05) is 0 Å². The third-order valence-electron chi connectivity index (χ3n) is 11.3. The second-order valence-corrected chi connectivity index (χ2v) is 13.3. The Morgan fingerprint density at radius 3 is 2.47 bits per heavy atom. The second kappa shape index (κ2) is 8.20. The van der Waals surface area contributed by atoms with Crippen molar-refractivity contribution in [1.29, 1.82) is 0 Å². The standard InChI is InChI=1S/C30H46O4/c1-19(2)20(3)8-9-21(4)24-10-11-25-27(24,6)14-13-26-28(7)15-12-23(32-22(5)31)18-29(28)16-17-30(25,26)34-33-29/h8-9,13,19-21,23-25H,10-12,14-18H2,1-7H3. The van der Waals surface area contributed by atoms with Crippen LogP contribution in [0.2, 0.25) is 0 Å². The van der Waals surface area contributed by atoms with Crippen LogP contribution < -0.4 is 0 Å². The molecule has 4 aliphatic carbocycles. The molecule has 2 heterocycles. The van der Waals surface area contributed by atoms with E-state index in [1.54, 1.807) is 0 Å². The Kier molecular flexibility index (Phi) is 5.92. The van der Waals surface area contributed by atoms with Gasteiger partial charge in [-0.25, -0.2) is 9.78 Å². The van der Waals surface area contributed by atoms with Crippen molar-refractivity contribution in [3.63, 3.8) is 0 Å². The van der Waals surface area contributed by atoms with Gasteiger partial charge in [-0.1, -0.05) is 59.8 Å². The molecule has 3 saturated carbocycles. The van der Waals surface area contributed by atoms with E-state index in [9.17, 15) is 4.79 Å². The summed E-state index contributed by atoms with van der Waals surface area (Å²) in [6.45, 7) is 15.8. The maximum absolute atomic E-state index is 11.6. The molecule has 6 aliphatic rings. The number of hydrogen-bond acceptors (Lipinski definition) is 4. The lowest BCUT2D eigenvalue weighted by Crippen LogP contribution is -2.71. The molecule has 0 N–H and O–H groups in total. The predicted octanol–water partition coefficient (Wildman–Crippen LogP) is 7.19. The molecule has 0 aromatic carbocycles. The second-order valence-electron chi connectivity index (χ2n) is 13.3. The van der Waals surface area contributed by atoms with Crippen LogP contribution in [-0.4, -0.2) is 23.3 Å². The predicted molar refractivity (Wildman–Crippen MR) is 134 cm³/mol. The fraction of sp³-hybridized carbons (Fsp3) is 0.833. The van der Waals surface area contributed by atoms with Crippen LogP contribution in [-0.2, 0) is 19.3 Å². The van der Waals surface area contributed by atoms with Gasteiger partial charge in [0.05, 0.1) is 0 Å². The normalized spacial score (nSPS) is 47.1. The Hall–Kier alpha value is -1.13. The molecule has 2 aliphatic heterocycles. The zero-order chi connectivity index (χ0) is 24.5. The van der Waals surface area contributed by atoms with E-state index >= 15 is 0 Å². The van der Waals surface area contributed by atoms with Crippen molar-refractivity contribution in [2.45, 2.75) is 117 Å². The van der Waals surface area contributed by atoms with Gasteiger partial charge in [-0.05, 0) is 79.6 Å². The highest BCUT2D eigenvalue weighted by molar-refractivity contribution is 5.66. The molecule has 9 atom stereocenters. The van der Waals surface area contributed by atoms with E-state index < -0.39 is 0 Å². The molecule has 4 heteroatoms. The molecule has 0 radical (unpaired) electrons. The lowest BCUT2D eigenvalue weighted by Gasteiger charge is -2.69. The van der Waals surface area contributed by atoms with E-state index in [0.29, 0.717) is 29.6 Å². The molecule has 2 spiro atoms. The first-order valence-electron chi connectivity index (χ1n) is 13.9. The maximum atomic E-state index is 11.6. The van der Waals surface area contributed by atoms with Gasteiger partial charge in [-0.2, -0.15) is 0 Å². The van der Waals surface area contributed by atoms with Gasteiger partial charge >= 0.3 is 5.97 Å². The number of carbonyl (C=O) groups is 1. The van der Waals surface area contributed by atoms with Crippen molar-refractivity contribution in [2.24, 2.45) is 40.4 Å².